The van der Waals surface area contributed by atoms with E-state index in [0.717, 1.165) is 6.07 Å². The number of hydrogen-bond acceptors (Lipinski definition) is 7. The summed E-state index contributed by atoms with van der Waals surface area (Å²) in [5.74, 6) is 0.158. The molecule has 0 bridgehead atoms. The molecule has 3 rings (SSSR count). The molecule has 0 fully saturated rings. The number of nitro groups is 1. The summed E-state index contributed by atoms with van der Waals surface area (Å²) >= 11 is 0. The van der Waals surface area contributed by atoms with Gasteiger partial charge in [0.2, 0.25) is 11.8 Å². The van der Waals surface area contributed by atoms with Gasteiger partial charge in [-0.3, -0.25) is 19.9 Å². The number of nitrogens with one attached hydrogen (secondary N) is 1. The van der Waals surface area contributed by atoms with Gasteiger partial charge in [0.15, 0.2) is 0 Å². The first kappa shape index (κ1) is 16.8. The Kier molecular flexibility index (Phi) is 4.70. The lowest BCUT2D eigenvalue weighted by molar-refractivity contribution is -0.383. The van der Waals surface area contributed by atoms with Crippen LogP contribution in [0.1, 0.15) is 10.4 Å². The predicted molar refractivity (Wildman–Crippen MR) is 93.4 cm³/mol. The largest absolute Gasteiger partial charge is 0.438 e. The van der Waals surface area contributed by atoms with Gasteiger partial charge in [-0.15, -0.1) is 0 Å². The van der Waals surface area contributed by atoms with Crippen LogP contribution in [0, 0.1) is 10.1 Å². The molecule has 1 heterocycles. The van der Waals surface area contributed by atoms with E-state index in [4.69, 9.17) is 10.5 Å². The molecule has 0 radical (unpaired) electrons. The quantitative estimate of drug-likeness (QED) is 0.515. The highest BCUT2D eigenvalue weighted by Gasteiger charge is 2.16. The molecular weight excluding hydrogens is 338 g/mol. The lowest BCUT2D eigenvalue weighted by Gasteiger charge is -2.09. The van der Waals surface area contributed by atoms with Crippen molar-refractivity contribution in [2.45, 2.75) is 0 Å². The number of nitro benzene ring substituents is 1. The van der Waals surface area contributed by atoms with Crippen LogP contribution in [-0.4, -0.2) is 20.8 Å². The van der Waals surface area contributed by atoms with E-state index in [-0.39, 0.29) is 16.9 Å². The smallest absolute Gasteiger partial charge is 0.293 e. The average Bonchev–Trinajstić information content (AvgIpc) is 2.64. The monoisotopic (exact) mass is 351 g/mol. The highest BCUT2D eigenvalue weighted by molar-refractivity contribution is 5.94. The van der Waals surface area contributed by atoms with E-state index in [1.165, 1.54) is 30.7 Å². The molecule has 0 spiro atoms. The molecule has 1 amide bonds. The van der Waals surface area contributed by atoms with Gasteiger partial charge in [0.05, 0.1) is 11.1 Å². The Morgan fingerprint density at radius 3 is 2.54 bits per heavy atom. The minimum Gasteiger partial charge on any atom is -0.438 e. The van der Waals surface area contributed by atoms with Crippen LogP contribution in [0.15, 0.2) is 61.1 Å². The fourth-order valence-corrected chi connectivity index (χ4v) is 2.16. The Morgan fingerprint density at radius 2 is 1.92 bits per heavy atom. The zero-order valence-corrected chi connectivity index (χ0v) is 13.3. The number of carbonyl (C=O) groups is 1. The minimum atomic E-state index is -0.731. The average molecular weight is 351 g/mol. The van der Waals surface area contributed by atoms with Crippen LogP contribution in [0.25, 0.3) is 0 Å². The topological polar surface area (TPSA) is 133 Å². The number of nitrogens with two attached hydrogens (primary N) is 1. The van der Waals surface area contributed by atoms with Crippen LogP contribution < -0.4 is 15.8 Å². The van der Waals surface area contributed by atoms with Crippen LogP contribution in [0.3, 0.4) is 0 Å². The van der Waals surface area contributed by atoms with Crippen molar-refractivity contribution >= 4 is 23.0 Å². The molecule has 0 atom stereocenters. The maximum Gasteiger partial charge on any atom is 0.293 e. The summed E-state index contributed by atoms with van der Waals surface area (Å²) in [6.45, 7) is 0. The van der Waals surface area contributed by atoms with E-state index in [0.29, 0.717) is 17.3 Å². The van der Waals surface area contributed by atoms with Crippen LogP contribution in [0.5, 0.6) is 11.6 Å². The molecular formula is C17H13N5O4. The lowest BCUT2D eigenvalue weighted by atomic mass is 10.1. The number of amides is 1. The molecule has 3 N–H and O–H groups in total. The van der Waals surface area contributed by atoms with E-state index in [9.17, 15) is 14.9 Å². The van der Waals surface area contributed by atoms with Gasteiger partial charge >= 0.3 is 0 Å². The van der Waals surface area contributed by atoms with Gasteiger partial charge in [-0.1, -0.05) is 0 Å². The number of anilines is 2. The third-order valence-corrected chi connectivity index (χ3v) is 3.37. The van der Waals surface area contributed by atoms with Gasteiger partial charge in [0.1, 0.15) is 11.4 Å². The Labute approximate surface area is 147 Å². The highest BCUT2D eigenvalue weighted by Crippen LogP contribution is 2.29. The summed E-state index contributed by atoms with van der Waals surface area (Å²) in [7, 11) is 0. The van der Waals surface area contributed by atoms with Crippen LogP contribution in [-0.2, 0) is 0 Å². The van der Waals surface area contributed by atoms with Gasteiger partial charge in [-0.2, -0.15) is 0 Å². The first-order valence-electron chi connectivity index (χ1n) is 7.42. The third-order valence-electron chi connectivity index (χ3n) is 3.37. The van der Waals surface area contributed by atoms with Crippen LogP contribution >= 0.6 is 0 Å². The van der Waals surface area contributed by atoms with Gasteiger partial charge in [0, 0.05) is 29.7 Å². The Hall–Kier alpha value is -4.01. The maximum absolute atomic E-state index is 11.2. The fraction of sp³-hybridized carbons (Fsp3) is 0. The standard InChI is InChI=1S/C17H13N5O4/c18-17(23)11-1-6-14(15(9-11)22(24)25)21-12-2-4-13(5-3-12)26-16-10-19-7-8-20-16/h1-10,21H,(H2,18,23). The second-order valence-electron chi connectivity index (χ2n) is 5.15. The van der Waals surface area contributed by atoms with Gasteiger partial charge in [-0.25, -0.2) is 4.98 Å². The van der Waals surface area contributed by atoms with Crippen molar-refractivity contribution in [3.63, 3.8) is 0 Å². The Bertz CT molecular complexity index is 945. The molecule has 2 aromatic carbocycles. The second-order valence-corrected chi connectivity index (χ2v) is 5.15. The number of ether oxygens (including phenoxy) is 1. The number of rotatable bonds is 6. The minimum absolute atomic E-state index is 0.0648. The first-order valence-corrected chi connectivity index (χ1v) is 7.42. The molecule has 0 saturated heterocycles. The normalized spacial score (nSPS) is 10.2. The molecule has 0 aliphatic carbocycles. The molecule has 0 unspecified atom stereocenters. The van der Waals surface area contributed by atoms with E-state index in [1.807, 2.05) is 0 Å². The summed E-state index contributed by atoms with van der Waals surface area (Å²) in [4.78, 5) is 29.7. The van der Waals surface area contributed by atoms with Crippen molar-refractivity contribution in [3.8, 4) is 11.6 Å². The van der Waals surface area contributed by atoms with Crippen molar-refractivity contribution in [1.29, 1.82) is 0 Å². The zero-order chi connectivity index (χ0) is 18.5. The van der Waals surface area contributed by atoms with Gasteiger partial charge < -0.3 is 15.8 Å². The summed E-state index contributed by atoms with van der Waals surface area (Å²) in [5, 5.41) is 14.2. The van der Waals surface area contributed by atoms with Crippen LogP contribution in [0.2, 0.25) is 0 Å². The van der Waals surface area contributed by atoms with Crippen LogP contribution in [0.4, 0.5) is 17.1 Å². The zero-order valence-electron chi connectivity index (χ0n) is 13.3. The van der Waals surface area contributed by atoms with E-state index >= 15 is 0 Å². The molecule has 1 aromatic heterocycles. The Balaban J connectivity index is 1.79. The molecule has 9 nitrogen and oxygen atoms in total. The van der Waals surface area contributed by atoms with Crippen molar-refractivity contribution in [1.82, 2.24) is 9.97 Å². The highest BCUT2D eigenvalue weighted by atomic mass is 16.6. The fourth-order valence-electron chi connectivity index (χ4n) is 2.16. The number of carbonyl (C=O) groups excluding carboxylic acids is 1. The Morgan fingerprint density at radius 1 is 1.15 bits per heavy atom. The summed E-state index contributed by atoms with van der Waals surface area (Å²) in [6.07, 6.45) is 4.53. The lowest BCUT2D eigenvalue weighted by Crippen LogP contribution is -2.11. The summed E-state index contributed by atoms with van der Waals surface area (Å²) in [5.41, 5.74) is 5.82. The first-order chi connectivity index (χ1) is 12.5. The molecule has 0 aliphatic rings. The molecule has 3 aromatic rings. The summed E-state index contributed by atoms with van der Waals surface area (Å²) in [6, 6.07) is 10.7. The van der Waals surface area contributed by atoms with Crippen molar-refractivity contribution in [2.24, 2.45) is 5.73 Å². The maximum atomic E-state index is 11.2. The molecule has 9 heteroatoms. The number of hydrogen-bond donors (Lipinski definition) is 2. The SMILES string of the molecule is NC(=O)c1ccc(Nc2ccc(Oc3cnccn3)cc2)c([N+](=O)[O-])c1. The number of primary amides is 1. The van der Waals surface area contributed by atoms with Gasteiger partial charge in [-0.05, 0) is 36.4 Å². The van der Waals surface area contributed by atoms with E-state index in [2.05, 4.69) is 15.3 Å². The summed E-state index contributed by atoms with van der Waals surface area (Å²) < 4.78 is 5.53. The van der Waals surface area contributed by atoms with E-state index < -0.39 is 10.8 Å². The number of aromatic nitrogens is 2. The molecule has 0 aliphatic heterocycles. The number of benzene rings is 2. The number of nitrogens with zero attached hydrogens (tertiary/aromatic N) is 3. The molecule has 0 saturated carbocycles. The molecule has 26 heavy (non-hydrogen) atoms. The van der Waals surface area contributed by atoms with E-state index in [1.54, 1.807) is 24.3 Å². The predicted octanol–water partition coefficient (Wildman–Crippen LogP) is 3.02. The van der Waals surface area contributed by atoms with Crippen molar-refractivity contribution in [3.05, 3.63) is 76.7 Å². The molecule has 130 valence electrons. The third kappa shape index (κ3) is 3.90. The van der Waals surface area contributed by atoms with Gasteiger partial charge in [0.25, 0.3) is 5.69 Å². The second kappa shape index (κ2) is 7.26. The van der Waals surface area contributed by atoms with Crippen molar-refractivity contribution in [2.75, 3.05) is 5.32 Å². The van der Waals surface area contributed by atoms with Crippen molar-refractivity contribution < 1.29 is 14.5 Å².